The van der Waals surface area contributed by atoms with Crippen LogP contribution >= 0.6 is 15.9 Å². The zero-order valence-corrected chi connectivity index (χ0v) is 15.3. The molecule has 1 heterocycles. The van der Waals surface area contributed by atoms with E-state index in [-0.39, 0.29) is 17.7 Å². The van der Waals surface area contributed by atoms with Crippen molar-refractivity contribution in [1.29, 1.82) is 0 Å². The number of hydrazone groups is 1. The van der Waals surface area contributed by atoms with Crippen molar-refractivity contribution in [2.24, 2.45) is 5.10 Å². The molecule has 1 atom stereocenters. The summed E-state index contributed by atoms with van der Waals surface area (Å²) in [6.07, 6.45) is 0.544. The van der Waals surface area contributed by atoms with Crippen LogP contribution in [0.2, 0.25) is 0 Å². The second kappa shape index (κ2) is 7.00. The van der Waals surface area contributed by atoms with Gasteiger partial charge in [-0.2, -0.15) is 5.10 Å². The van der Waals surface area contributed by atoms with Crippen LogP contribution in [0.25, 0.3) is 0 Å². The molecule has 0 amide bonds. The van der Waals surface area contributed by atoms with Gasteiger partial charge in [0.25, 0.3) is 0 Å². The Morgan fingerprint density at radius 1 is 0.885 bits per heavy atom. The van der Waals surface area contributed by atoms with Crippen molar-refractivity contribution >= 4 is 27.3 Å². The van der Waals surface area contributed by atoms with Crippen molar-refractivity contribution in [3.8, 4) is 0 Å². The smallest absolute Gasteiger partial charge is 0.128 e. The van der Waals surface area contributed by atoms with Crippen LogP contribution < -0.4 is 5.01 Å². The summed E-state index contributed by atoms with van der Waals surface area (Å²) in [5.74, 6) is -0.544. The van der Waals surface area contributed by atoms with Crippen LogP contribution in [0.1, 0.15) is 23.6 Å². The maximum Gasteiger partial charge on any atom is 0.128 e. The maximum absolute atomic E-state index is 14.4. The molecule has 1 aliphatic rings. The van der Waals surface area contributed by atoms with Crippen LogP contribution in [-0.4, -0.2) is 5.71 Å². The lowest BCUT2D eigenvalue weighted by molar-refractivity contribution is 0.579. The summed E-state index contributed by atoms with van der Waals surface area (Å²) in [5, 5.41) is 6.57. The number of hydrogen-bond acceptors (Lipinski definition) is 2. The zero-order chi connectivity index (χ0) is 18.1. The molecule has 1 aliphatic heterocycles. The summed E-state index contributed by atoms with van der Waals surface area (Å²) in [6, 6.07) is 20.5. The highest BCUT2D eigenvalue weighted by atomic mass is 79.9. The summed E-state index contributed by atoms with van der Waals surface area (Å²) < 4.78 is 28.6. The average Bonchev–Trinajstić information content (AvgIpc) is 3.08. The summed E-state index contributed by atoms with van der Waals surface area (Å²) >= 11 is 3.43. The van der Waals surface area contributed by atoms with Crippen LogP contribution in [0, 0.1) is 11.6 Å². The third-order valence-corrected chi connectivity index (χ3v) is 4.97. The molecule has 0 bridgehead atoms. The normalized spacial score (nSPS) is 16.7. The quantitative estimate of drug-likeness (QED) is 0.508. The predicted molar refractivity (Wildman–Crippen MR) is 103 cm³/mol. The van der Waals surface area contributed by atoms with E-state index in [4.69, 9.17) is 5.10 Å². The van der Waals surface area contributed by atoms with E-state index in [0.717, 1.165) is 21.4 Å². The van der Waals surface area contributed by atoms with Gasteiger partial charge in [0.1, 0.15) is 11.6 Å². The monoisotopic (exact) mass is 412 g/mol. The van der Waals surface area contributed by atoms with Crippen molar-refractivity contribution in [2.45, 2.75) is 12.5 Å². The Kier molecular flexibility index (Phi) is 4.55. The molecular weight excluding hydrogens is 398 g/mol. The molecule has 0 aliphatic carbocycles. The first-order valence-corrected chi connectivity index (χ1v) is 9.04. The van der Waals surface area contributed by atoms with Gasteiger partial charge in [-0.1, -0.05) is 46.3 Å². The van der Waals surface area contributed by atoms with E-state index in [2.05, 4.69) is 15.9 Å². The number of anilines is 1. The largest absolute Gasteiger partial charge is 0.257 e. The van der Waals surface area contributed by atoms with Gasteiger partial charge >= 0.3 is 0 Å². The fourth-order valence-electron chi connectivity index (χ4n) is 3.15. The lowest BCUT2D eigenvalue weighted by Crippen LogP contribution is -2.19. The molecule has 0 spiro atoms. The van der Waals surface area contributed by atoms with Crippen LogP contribution in [-0.2, 0) is 0 Å². The zero-order valence-electron chi connectivity index (χ0n) is 13.7. The number of benzene rings is 3. The lowest BCUT2D eigenvalue weighted by atomic mass is 9.98. The number of rotatable bonds is 3. The molecule has 0 saturated carbocycles. The molecule has 0 unspecified atom stereocenters. The topological polar surface area (TPSA) is 15.6 Å². The van der Waals surface area contributed by atoms with Crippen molar-refractivity contribution < 1.29 is 8.78 Å². The fourth-order valence-corrected chi connectivity index (χ4v) is 3.41. The first-order valence-electron chi connectivity index (χ1n) is 8.24. The second-order valence-corrected chi connectivity index (χ2v) is 7.03. The highest BCUT2D eigenvalue weighted by Crippen LogP contribution is 2.37. The van der Waals surface area contributed by atoms with Crippen LogP contribution in [0.4, 0.5) is 14.5 Å². The highest BCUT2D eigenvalue weighted by Gasteiger charge is 2.31. The fraction of sp³-hybridized carbons (Fsp3) is 0.0952. The molecule has 130 valence electrons. The van der Waals surface area contributed by atoms with E-state index >= 15 is 0 Å². The standard InChI is InChI=1S/C21H15BrF2N2/c22-15-7-11-17(12-8-15)26-21(18-3-1-2-4-19(18)24)13-20(25-26)14-5-9-16(23)10-6-14/h1-12,21H,13H2/t21-/m0/s1. The van der Waals surface area contributed by atoms with Gasteiger partial charge in [-0.25, -0.2) is 8.78 Å². The molecule has 3 aromatic rings. The van der Waals surface area contributed by atoms with Crippen molar-refractivity contribution in [2.75, 3.05) is 5.01 Å². The molecule has 0 radical (unpaired) electrons. The minimum Gasteiger partial charge on any atom is -0.257 e. The van der Waals surface area contributed by atoms with E-state index in [1.165, 1.54) is 18.2 Å². The molecular formula is C21H15BrF2N2. The molecule has 26 heavy (non-hydrogen) atoms. The third kappa shape index (κ3) is 3.27. The highest BCUT2D eigenvalue weighted by molar-refractivity contribution is 9.10. The molecule has 5 heteroatoms. The number of hydrogen-bond donors (Lipinski definition) is 0. The van der Waals surface area contributed by atoms with E-state index in [9.17, 15) is 8.78 Å². The minimum atomic E-state index is -0.289. The predicted octanol–water partition coefficient (Wildman–Crippen LogP) is 6.08. The van der Waals surface area contributed by atoms with E-state index in [0.29, 0.717) is 12.0 Å². The second-order valence-electron chi connectivity index (χ2n) is 6.12. The first-order chi connectivity index (χ1) is 12.6. The molecule has 2 nitrogen and oxygen atoms in total. The summed E-state index contributed by atoms with van der Waals surface area (Å²) in [4.78, 5) is 0. The maximum atomic E-state index is 14.4. The van der Waals surface area contributed by atoms with Gasteiger partial charge in [0.15, 0.2) is 0 Å². The molecule has 3 aromatic carbocycles. The minimum absolute atomic E-state index is 0.252. The van der Waals surface area contributed by atoms with Gasteiger partial charge in [0, 0.05) is 16.5 Å². The molecule has 0 aromatic heterocycles. The Balaban J connectivity index is 1.77. The Hall–Kier alpha value is -2.53. The Morgan fingerprint density at radius 3 is 2.27 bits per heavy atom. The molecule has 0 saturated heterocycles. The van der Waals surface area contributed by atoms with Crippen LogP contribution in [0.3, 0.4) is 0 Å². The van der Waals surface area contributed by atoms with Crippen molar-refractivity contribution in [1.82, 2.24) is 0 Å². The molecule has 0 N–H and O–H groups in total. The summed E-state index contributed by atoms with van der Waals surface area (Å²) in [7, 11) is 0. The summed E-state index contributed by atoms with van der Waals surface area (Å²) in [5.41, 5.74) is 3.11. The lowest BCUT2D eigenvalue weighted by Gasteiger charge is -2.24. The van der Waals surface area contributed by atoms with Gasteiger partial charge < -0.3 is 0 Å². The van der Waals surface area contributed by atoms with E-state index in [1.54, 1.807) is 24.3 Å². The van der Waals surface area contributed by atoms with Crippen molar-refractivity contribution in [3.05, 3.63) is 100 Å². The van der Waals surface area contributed by atoms with Crippen molar-refractivity contribution in [3.63, 3.8) is 0 Å². The van der Waals surface area contributed by atoms with Crippen LogP contribution in [0.5, 0.6) is 0 Å². The van der Waals surface area contributed by atoms with Gasteiger partial charge in [-0.3, -0.25) is 5.01 Å². The number of halogens is 3. The van der Waals surface area contributed by atoms with Gasteiger partial charge in [-0.15, -0.1) is 0 Å². The summed E-state index contributed by atoms with van der Waals surface area (Å²) in [6.45, 7) is 0. The Morgan fingerprint density at radius 2 is 1.58 bits per heavy atom. The Bertz CT molecular complexity index is 953. The average molecular weight is 413 g/mol. The number of nitrogens with zero attached hydrogens (tertiary/aromatic N) is 2. The van der Waals surface area contributed by atoms with Gasteiger partial charge in [0.05, 0.1) is 17.4 Å². The first kappa shape index (κ1) is 16.9. The molecule has 0 fully saturated rings. The van der Waals surface area contributed by atoms with E-state index in [1.807, 2.05) is 35.3 Å². The van der Waals surface area contributed by atoms with Gasteiger partial charge in [0.2, 0.25) is 0 Å². The SMILES string of the molecule is Fc1ccc(C2=NN(c3ccc(Br)cc3)[C@H](c3ccccc3F)C2)cc1. The van der Waals surface area contributed by atoms with E-state index < -0.39 is 0 Å². The van der Waals surface area contributed by atoms with Crippen LogP contribution in [0.15, 0.2) is 82.4 Å². The molecule has 4 rings (SSSR count). The third-order valence-electron chi connectivity index (χ3n) is 4.44. The van der Waals surface area contributed by atoms with Gasteiger partial charge in [-0.05, 0) is 48.0 Å². The Labute approximate surface area is 158 Å².